The van der Waals surface area contributed by atoms with Crippen molar-refractivity contribution >= 4 is 0 Å². The minimum atomic E-state index is 0.379. The summed E-state index contributed by atoms with van der Waals surface area (Å²) in [5.74, 6) is 1.59. The summed E-state index contributed by atoms with van der Waals surface area (Å²) in [6.45, 7) is 6.78. The normalized spacial score (nSPS) is 19.2. The number of ether oxygens (including phenoxy) is 1. The lowest BCUT2D eigenvalue weighted by Crippen LogP contribution is -2.27. The molecular weight excluding hydrogens is 224 g/mol. The molecule has 0 radical (unpaired) electrons. The second kappa shape index (κ2) is 6.21. The highest BCUT2D eigenvalue weighted by molar-refractivity contribution is 5.45. The van der Waals surface area contributed by atoms with Crippen LogP contribution in [0.1, 0.15) is 49.8 Å². The first-order valence-electron chi connectivity index (χ1n) is 6.93. The van der Waals surface area contributed by atoms with Crippen molar-refractivity contribution in [3.8, 4) is 5.75 Å². The molecule has 0 aromatic heterocycles. The van der Waals surface area contributed by atoms with E-state index in [-0.39, 0.29) is 0 Å². The van der Waals surface area contributed by atoms with Crippen molar-refractivity contribution in [1.29, 1.82) is 0 Å². The van der Waals surface area contributed by atoms with Gasteiger partial charge in [-0.05, 0) is 24.3 Å². The minimum Gasteiger partial charge on any atom is -0.493 e. The van der Waals surface area contributed by atoms with Crippen molar-refractivity contribution in [2.75, 3.05) is 19.7 Å². The Labute approximate surface area is 110 Å². The molecule has 1 atom stereocenters. The topological polar surface area (TPSA) is 47.3 Å². The van der Waals surface area contributed by atoms with Crippen LogP contribution in [0.3, 0.4) is 0 Å². The van der Waals surface area contributed by atoms with Gasteiger partial charge in [-0.1, -0.05) is 32.0 Å². The lowest BCUT2D eigenvalue weighted by Gasteiger charge is -2.21. The zero-order valence-electron chi connectivity index (χ0n) is 11.4. The summed E-state index contributed by atoms with van der Waals surface area (Å²) in [4.78, 5) is 0. The van der Waals surface area contributed by atoms with Gasteiger partial charge in [0.05, 0.1) is 6.61 Å². The maximum absolute atomic E-state index is 5.98. The summed E-state index contributed by atoms with van der Waals surface area (Å²) in [7, 11) is 0. The smallest absolute Gasteiger partial charge is 0.127 e. The van der Waals surface area contributed by atoms with Crippen LogP contribution >= 0.6 is 0 Å². The first kappa shape index (κ1) is 13.4. The number of nitrogens with two attached hydrogens (primary N) is 1. The van der Waals surface area contributed by atoms with Gasteiger partial charge in [0.15, 0.2) is 0 Å². The summed E-state index contributed by atoms with van der Waals surface area (Å²) in [6.07, 6.45) is 2.21. The van der Waals surface area contributed by atoms with Crippen LogP contribution in [0.15, 0.2) is 18.2 Å². The summed E-state index contributed by atoms with van der Waals surface area (Å²) in [6, 6.07) is 6.87. The minimum absolute atomic E-state index is 0.379. The molecule has 3 N–H and O–H groups in total. The van der Waals surface area contributed by atoms with E-state index < -0.39 is 0 Å². The molecule has 18 heavy (non-hydrogen) atoms. The van der Waals surface area contributed by atoms with Crippen LogP contribution in [-0.2, 0) is 0 Å². The third-order valence-electron chi connectivity index (χ3n) is 3.49. The Morgan fingerprint density at radius 1 is 1.44 bits per heavy atom. The van der Waals surface area contributed by atoms with Gasteiger partial charge in [-0.3, -0.25) is 0 Å². The van der Waals surface area contributed by atoms with Gasteiger partial charge in [-0.25, -0.2) is 0 Å². The second-order valence-corrected chi connectivity index (χ2v) is 5.21. The van der Waals surface area contributed by atoms with Gasteiger partial charge in [-0.15, -0.1) is 0 Å². The molecule has 0 saturated carbocycles. The fourth-order valence-electron chi connectivity index (χ4n) is 2.56. The van der Waals surface area contributed by atoms with E-state index in [9.17, 15) is 0 Å². The number of nitrogens with one attached hydrogen (secondary N) is 1. The fraction of sp³-hybridized carbons (Fsp3) is 0.600. The Bertz CT molecular complexity index is 390. The molecule has 2 rings (SSSR count). The van der Waals surface area contributed by atoms with Crippen LogP contribution in [0.2, 0.25) is 0 Å². The van der Waals surface area contributed by atoms with E-state index in [1.54, 1.807) is 0 Å². The summed E-state index contributed by atoms with van der Waals surface area (Å²) < 4.78 is 5.98. The van der Waals surface area contributed by atoms with E-state index >= 15 is 0 Å². The maximum atomic E-state index is 5.98. The van der Waals surface area contributed by atoms with Crippen molar-refractivity contribution in [3.63, 3.8) is 0 Å². The van der Waals surface area contributed by atoms with Crippen molar-refractivity contribution < 1.29 is 4.74 Å². The van der Waals surface area contributed by atoms with Crippen LogP contribution in [0.25, 0.3) is 0 Å². The van der Waals surface area contributed by atoms with E-state index in [1.165, 1.54) is 11.1 Å². The lowest BCUT2D eigenvalue weighted by atomic mass is 9.94. The quantitative estimate of drug-likeness (QED) is 0.861. The number of fused-ring (bicyclic) bond motifs is 1. The van der Waals surface area contributed by atoms with Gasteiger partial charge in [0.25, 0.3) is 0 Å². The number of rotatable bonds is 4. The molecule has 3 nitrogen and oxygen atoms in total. The molecule has 0 aliphatic carbocycles. The number of para-hydroxylation sites is 1. The van der Waals surface area contributed by atoms with Crippen molar-refractivity contribution in [2.45, 2.75) is 38.6 Å². The van der Waals surface area contributed by atoms with Crippen molar-refractivity contribution in [3.05, 3.63) is 29.3 Å². The lowest BCUT2D eigenvalue weighted by molar-refractivity contribution is 0.311. The predicted octanol–water partition coefficient (Wildman–Crippen LogP) is 2.57. The highest BCUT2D eigenvalue weighted by Gasteiger charge is 2.22. The van der Waals surface area contributed by atoms with Gasteiger partial charge in [0, 0.05) is 24.7 Å². The molecule has 0 bridgehead atoms. The Morgan fingerprint density at radius 3 is 3.00 bits per heavy atom. The number of hydrogen-bond acceptors (Lipinski definition) is 3. The fourth-order valence-corrected chi connectivity index (χ4v) is 2.56. The molecule has 1 unspecified atom stereocenters. The average molecular weight is 248 g/mol. The summed E-state index contributed by atoms with van der Waals surface area (Å²) >= 11 is 0. The molecule has 0 fully saturated rings. The van der Waals surface area contributed by atoms with E-state index in [4.69, 9.17) is 10.5 Å². The number of benzene rings is 1. The maximum Gasteiger partial charge on any atom is 0.127 e. The van der Waals surface area contributed by atoms with Gasteiger partial charge in [0.1, 0.15) is 5.75 Å². The van der Waals surface area contributed by atoms with Gasteiger partial charge in [0.2, 0.25) is 0 Å². The Kier molecular flexibility index (Phi) is 4.61. The summed E-state index contributed by atoms with van der Waals surface area (Å²) in [5.41, 5.74) is 8.20. The van der Waals surface area contributed by atoms with Crippen molar-refractivity contribution in [1.82, 2.24) is 5.32 Å². The van der Waals surface area contributed by atoms with Crippen LogP contribution in [0, 0.1) is 0 Å². The first-order valence-corrected chi connectivity index (χ1v) is 6.93. The van der Waals surface area contributed by atoms with E-state index in [1.807, 2.05) is 0 Å². The molecule has 1 heterocycles. The Hall–Kier alpha value is -1.06. The predicted molar refractivity (Wildman–Crippen MR) is 75.1 cm³/mol. The molecule has 1 aromatic rings. The van der Waals surface area contributed by atoms with Crippen LogP contribution in [-0.4, -0.2) is 19.7 Å². The number of hydrogen-bond donors (Lipinski definition) is 2. The zero-order chi connectivity index (χ0) is 13.0. The van der Waals surface area contributed by atoms with E-state index in [2.05, 4.69) is 37.4 Å². The highest BCUT2D eigenvalue weighted by atomic mass is 16.5. The zero-order valence-corrected chi connectivity index (χ0v) is 11.4. The molecule has 0 spiro atoms. The van der Waals surface area contributed by atoms with E-state index in [0.717, 1.165) is 31.7 Å². The van der Waals surface area contributed by atoms with Gasteiger partial charge < -0.3 is 15.8 Å². The molecule has 0 saturated heterocycles. The standard InChI is InChI=1S/C15H24N2O/c1-11(2)12-5-3-6-13-14(17-9-8-16)7-4-10-18-15(12)13/h3,5-6,11,14,17H,4,7-10,16H2,1-2H3. The Balaban J connectivity index is 2.33. The third kappa shape index (κ3) is 2.85. The highest BCUT2D eigenvalue weighted by Crippen LogP contribution is 2.37. The molecule has 3 heteroatoms. The molecule has 1 aliphatic heterocycles. The van der Waals surface area contributed by atoms with Gasteiger partial charge in [-0.2, -0.15) is 0 Å². The van der Waals surface area contributed by atoms with Gasteiger partial charge >= 0.3 is 0 Å². The Morgan fingerprint density at radius 2 is 2.28 bits per heavy atom. The molecule has 100 valence electrons. The largest absolute Gasteiger partial charge is 0.493 e. The van der Waals surface area contributed by atoms with Crippen LogP contribution in [0.5, 0.6) is 5.75 Å². The third-order valence-corrected chi connectivity index (χ3v) is 3.49. The molecule has 1 aliphatic rings. The van der Waals surface area contributed by atoms with E-state index in [0.29, 0.717) is 18.5 Å². The summed E-state index contributed by atoms with van der Waals surface area (Å²) in [5, 5.41) is 3.53. The molecule has 0 amide bonds. The second-order valence-electron chi connectivity index (χ2n) is 5.21. The monoisotopic (exact) mass is 248 g/mol. The SMILES string of the molecule is CC(C)c1cccc2c1OCCCC2NCCN. The van der Waals surface area contributed by atoms with Crippen molar-refractivity contribution in [2.24, 2.45) is 5.73 Å². The molecular formula is C15H24N2O. The molecule has 1 aromatic carbocycles. The van der Waals surface area contributed by atoms with Crippen LogP contribution in [0.4, 0.5) is 0 Å². The first-order chi connectivity index (χ1) is 8.74. The van der Waals surface area contributed by atoms with Crippen LogP contribution < -0.4 is 15.8 Å². The average Bonchev–Trinajstić information content (AvgIpc) is 2.58.